The predicted molar refractivity (Wildman–Crippen MR) is 217 cm³/mol. The Morgan fingerprint density at radius 3 is 1.79 bits per heavy atom. The molecule has 3 nitrogen and oxygen atoms in total. The number of benzene rings is 8. The highest BCUT2D eigenvalue weighted by Crippen LogP contribution is 2.64. The van der Waals surface area contributed by atoms with Gasteiger partial charge in [0.15, 0.2) is 0 Å². The Bertz CT molecular complexity index is 3110. The molecular formula is C50H31N3. The summed E-state index contributed by atoms with van der Waals surface area (Å²) in [5.74, 6) is 0.944. The van der Waals surface area contributed by atoms with Crippen LogP contribution in [0.4, 0.5) is 0 Å². The SMILES string of the molecule is c1ccc(-n2c(-c3ccc4c(c3)C3(c5ccccc5-4)c4ccccc4-c4c3ccc3c4c4ccccc4n3-c3ccccc3)nc3ccccc32)cc1. The molecule has 1 unspecified atom stereocenters. The highest BCUT2D eigenvalue weighted by molar-refractivity contribution is 6.19. The number of hydrogen-bond acceptors (Lipinski definition) is 1. The minimum absolute atomic E-state index is 0.498. The Hall–Kier alpha value is -6.97. The summed E-state index contributed by atoms with van der Waals surface area (Å²) in [7, 11) is 0. The molecule has 3 heteroatoms. The summed E-state index contributed by atoms with van der Waals surface area (Å²) in [5.41, 5.74) is 17.9. The summed E-state index contributed by atoms with van der Waals surface area (Å²) in [4.78, 5) is 5.30. The smallest absolute Gasteiger partial charge is 0.145 e. The van der Waals surface area contributed by atoms with Crippen LogP contribution in [0.3, 0.4) is 0 Å². The second-order valence-corrected chi connectivity index (χ2v) is 14.3. The van der Waals surface area contributed by atoms with Gasteiger partial charge in [-0.05, 0) is 99.1 Å². The third-order valence-electron chi connectivity index (χ3n) is 11.7. The molecule has 0 N–H and O–H groups in total. The second-order valence-electron chi connectivity index (χ2n) is 14.3. The van der Waals surface area contributed by atoms with E-state index in [1.807, 2.05) is 0 Å². The summed E-state index contributed by atoms with van der Waals surface area (Å²) in [5, 5.41) is 2.58. The molecule has 0 saturated heterocycles. The minimum Gasteiger partial charge on any atom is -0.309 e. The largest absolute Gasteiger partial charge is 0.309 e. The summed E-state index contributed by atoms with van der Waals surface area (Å²) in [6.45, 7) is 0. The van der Waals surface area contributed by atoms with Gasteiger partial charge in [0.2, 0.25) is 0 Å². The molecule has 2 aliphatic rings. The van der Waals surface area contributed by atoms with Crippen molar-refractivity contribution in [2.75, 3.05) is 0 Å². The van der Waals surface area contributed by atoms with Crippen molar-refractivity contribution in [1.82, 2.24) is 14.1 Å². The van der Waals surface area contributed by atoms with Gasteiger partial charge in [-0.25, -0.2) is 4.98 Å². The molecule has 1 spiro atoms. The second kappa shape index (κ2) is 10.5. The average Bonchev–Trinajstić information content (AvgIpc) is 3.95. The van der Waals surface area contributed by atoms with Crippen molar-refractivity contribution < 1.29 is 0 Å². The Morgan fingerprint density at radius 1 is 0.396 bits per heavy atom. The molecule has 0 amide bonds. The lowest BCUT2D eigenvalue weighted by molar-refractivity contribution is 0.794. The van der Waals surface area contributed by atoms with E-state index in [4.69, 9.17) is 4.98 Å². The Labute approximate surface area is 306 Å². The average molecular weight is 674 g/mol. The topological polar surface area (TPSA) is 22.8 Å². The third kappa shape index (κ3) is 3.66. The highest BCUT2D eigenvalue weighted by Gasteiger charge is 2.52. The van der Waals surface area contributed by atoms with Gasteiger partial charge >= 0.3 is 0 Å². The molecule has 0 radical (unpaired) electrons. The number of imidazole rings is 1. The molecule has 2 aliphatic carbocycles. The van der Waals surface area contributed by atoms with Crippen LogP contribution in [-0.4, -0.2) is 14.1 Å². The zero-order chi connectivity index (χ0) is 34.7. The number of aromatic nitrogens is 3. The van der Waals surface area contributed by atoms with Crippen LogP contribution in [0.2, 0.25) is 0 Å². The first-order chi connectivity index (χ1) is 26.3. The number of nitrogens with zero attached hydrogens (tertiary/aromatic N) is 3. The van der Waals surface area contributed by atoms with E-state index in [2.05, 4.69) is 197 Å². The number of hydrogen-bond donors (Lipinski definition) is 0. The van der Waals surface area contributed by atoms with Crippen molar-refractivity contribution in [3.05, 3.63) is 210 Å². The first-order valence-electron chi connectivity index (χ1n) is 18.3. The fraction of sp³-hybridized carbons (Fsp3) is 0.0200. The van der Waals surface area contributed by atoms with Crippen molar-refractivity contribution in [1.29, 1.82) is 0 Å². The van der Waals surface area contributed by atoms with E-state index < -0.39 is 5.41 Å². The van der Waals surface area contributed by atoms with E-state index >= 15 is 0 Å². The maximum atomic E-state index is 5.30. The van der Waals surface area contributed by atoms with Gasteiger partial charge in [0.25, 0.3) is 0 Å². The van der Waals surface area contributed by atoms with Crippen LogP contribution in [0.1, 0.15) is 22.3 Å². The lowest BCUT2D eigenvalue weighted by atomic mass is 9.70. The van der Waals surface area contributed by atoms with Crippen LogP contribution < -0.4 is 0 Å². The van der Waals surface area contributed by atoms with Gasteiger partial charge in [0, 0.05) is 27.7 Å². The van der Waals surface area contributed by atoms with Gasteiger partial charge in [0.1, 0.15) is 5.82 Å². The van der Waals surface area contributed by atoms with Crippen LogP contribution >= 0.6 is 0 Å². The van der Waals surface area contributed by atoms with Crippen molar-refractivity contribution in [2.45, 2.75) is 5.41 Å². The molecule has 12 rings (SSSR count). The van der Waals surface area contributed by atoms with E-state index in [9.17, 15) is 0 Å². The van der Waals surface area contributed by atoms with Crippen LogP contribution in [-0.2, 0) is 5.41 Å². The molecule has 0 bridgehead atoms. The molecule has 1 atom stereocenters. The summed E-state index contributed by atoms with van der Waals surface area (Å²) >= 11 is 0. The van der Waals surface area contributed by atoms with E-state index in [-0.39, 0.29) is 0 Å². The number of fused-ring (bicyclic) bond motifs is 15. The molecule has 0 fully saturated rings. The van der Waals surface area contributed by atoms with E-state index in [1.165, 1.54) is 72.0 Å². The zero-order valence-electron chi connectivity index (χ0n) is 28.7. The number of rotatable bonds is 3. The van der Waals surface area contributed by atoms with Crippen molar-refractivity contribution >= 4 is 32.8 Å². The Morgan fingerprint density at radius 2 is 1.00 bits per heavy atom. The lowest BCUT2D eigenvalue weighted by Gasteiger charge is -2.30. The zero-order valence-corrected chi connectivity index (χ0v) is 28.7. The van der Waals surface area contributed by atoms with Crippen molar-refractivity contribution in [3.63, 3.8) is 0 Å². The summed E-state index contributed by atoms with van der Waals surface area (Å²) in [6, 6.07) is 68.8. The maximum absolute atomic E-state index is 5.30. The molecule has 0 saturated carbocycles. The van der Waals surface area contributed by atoms with Crippen LogP contribution in [0.25, 0.3) is 77.9 Å². The quantitative estimate of drug-likeness (QED) is 0.183. The van der Waals surface area contributed by atoms with Gasteiger partial charge in [-0.15, -0.1) is 0 Å². The first kappa shape index (κ1) is 28.7. The predicted octanol–water partition coefficient (Wildman–Crippen LogP) is 12.1. The van der Waals surface area contributed by atoms with Gasteiger partial charge in [-0.3, -0.25) is 4.57 Å². The van der Waals surface area contributed by atoms with E-state index in [0.29, 0.717) is 0 Å². The van der Waals surface area contributed by atoms with Gasteiger partial charge in [-0.2, -0.15) is 0 Å². The Balaban J connectivity index is 1.20. The minimum atomic E-state index is -0.498. The summed E-state index contributed by atoms with van der Waals surface area (Å²) in [6.07, 6.45) is 0. The molecule has 2 aromatic heterocycles. The van der Waals surface area contributed by atoms with E-state index in [0.717, 1.165) is 28.1 Å². The fourth-order valence-corrected chi connectivity index (χ4v) is 9.74. The highest BCUT2D eigenvalue weighted by atomic mass is 15.1. The van der Waals surface area contributed by atoms with Crippen molar-refractivity contribution in [3.8, 4) is 45.0 Å². The lowest BCUT2D eigenvalue weighted by Crippen LogP contribution is -2.26. The molecule has 246 valence electrons. The molecule has 53 heavy (non-hydrogen) atoms. The van der Waals surface area contributed by atoms with Crippen LogP contribution in [0, 0.1) is 0 Å². The van der Waals surface area contributed by atoms with Gasteiger partial charge in [-0.1, -0.05) is 133 Å². The van der Waals surface area contributed by atoms with Gasteiger partial charge < -0.3 is 4.57 Å². The molecule has 8 aromatic carbocycles. The fourth-order valence-electron chi connectivity index (χ4n) is 9.74. The standard InChI is InChI=1S/C50H31N3/c1-3-15-33(16-4-1)52-44-25-13-9-21-38(44)48-46(52)30-29-41-47(48)37-20-8-11-23-40(37)50(41)39-22-10-7-19-35(39)36-28-27-32(31-42(36)50)49-51-43-24-12-14-26-45(43)53(49)34-17-5-2-6-18-34/h1-31H. The van der Waals surface area contributed by atoms with E-state index in [1.54, 1.807) is 0 Å². The normalized spacial score (nSPS) is 15.2. The molecule has 10 aromatic rings. The van der Waals surface area contributed by atoms with Crippen LogP contribution in [0.5, 0.6) is 0 Å². The maximum Gasteiger partial charge on any atom is 0.145 e. The summed E-state index contributed by atoms with van der Waals surface area (Å²) < 4.78 is 4.74. The van der Waals surface area contributed by atoms with Crippen LogP contribution in [0.15, 0.2) is 188 Å². The van der Waals surface area contributed by atoms with Crippen molar-refractivity contribution in [2.24, 2.45) is 0 Å². The number of para-hydroxylation sites is 5. The third-order valence-corrected chi connectivity index (χ3v) is 11.7. The van der Waals surface area contributed by atoms with Gasteiger partial charge in [0.05, 0.1) is 27.5 Å². The molecular weight excluding hydrogens is 643 g/mol. The molecule has 2 heterocycles. The Kier molecular flexibility index (Phi) is 5.70. The molecule has 0 aliphatic heterocycles. The first-order valence-corrected chi connectivity index (χ1v) is 18.3. The monoisotopic (exact) mass is 673 g/mol.